The lowest BCUT2D eigenvalue weighted by molar-refractivity contribution is -0.117. The van der Waals surface area contributed by atoms with Crippen molar-refractivity contribution in [2.24, 2.45) is 5.41 Å². The van der Waals surface area contributed by atoms with Crippen LogP contribution in [0.1, 0.15) is 31.2 Å². The van der Waals surface area contributed by atoms with Gasteiger partial charge in [-0.15, -0.1) is 0 Å². The summed E-state index contributed by atoms with van der Waals surface area (Å²) in [5.74, 6) is -0.289. The Morgan fingerprint density at radius 3 is 2.88 bits per heavy atom. The number of aromatic amines is 1. The van der Waals surface area contributed by atoms with Gasteiger partial charge in [0.25, 0.3) is 5.91 Å². The lowest BCUT2D eigenvalue weighted by Gasteiger charge is -2.24. The third-order valence-electron chi connectivity index (χ3n) is 4.51. The van der Waals surface area contributed by atoms with E-state index in [-0.39, 0.29) is 11.3 Å². The van der Waals surface area contributed by atoms with Crippen LogP contribution < -0.4 is 10.6 Å². The van der Waals surface area contributed by atoms with Crippen molar-refractivity contribution in [1.82, 2.24) is 20.6 Å². The molecular formula is C16H18N4O3S2. The van der Waals surface area contributed by atoms with Gasteiger partial charge < -0.3 is 15.6 Å². The molecule has 0 spiro atoms. The molecule has 0 radical (unpaired) electrons. The Bertz CT molecular complexity index is 1060. The zero-order valence-corrected chi connectivity index (χ0v) is 15.4. The Kier molecular flexibility index (Phi) is 3.73. The smallest absolute Gasteiger partial charge is 0.260 e. The number of carbonyl (C=O) groups excluding carboxylic acids is 1. The SMILES string of the molecule is CC1(C)CNC(=O)C2=C(C1)NC(c1ccnc3[nH]ccc13)S2=S(=O)=O. The number of nitrogens with zero attached hydrogens (tertiary/aromatic N) is 1. The standard InChI is InChI=1S/C16H18N4O3S2/c1-16(2)7-11-12(14(21)19-8-16)24(25(22)23)15(20-11)10-4-6-18-13-9(10)3-5-17-13/h3-6,15,20H,7-8H2,1-2H3,(H,17,18)(H,19,21). The quantitative estimate of drug-likeness (QED) is 0.695. The van der Waals surface area contributed by atoms with Crippen molar-refractivity contribution in [3.05, 3.63) is 40.7 Å². The maximum absolute atomic E-state index is 12.6. The fourth-order valence-corrected chi connectivity index (χ4v) is 7.07. The number of amides is 1. The molecule has 2 aliphatic rings. The predicted molar refractivity (Wildman–Crippen MR) is 96.7 cm³/mol. The van der Waals surface area contributed by atoms with Gasteiger partial charge in [-0.1, -0.05) is 13.8 Å². The van der Waals surface area contributed by atoms with E-state index in [4.69, 9.17) is 0 Å². The minimum absolute atomic E-state index is 0.143. The van der Waals surface area contributed by atoms with Crippen molar-refractivity contribution in [3.8, 4) is 0 Å². The van der Waals surface area contributed by atoms with Crippen LogP contribution in [0.4, 0.5) is 0 Å². The highest BCUT2D eigenvalue weighted by Crippen LogP contribution is 2.40. The van der Waals surface area contributed by atoms with E-state index in [1.807, 2.05) is 12.1 Å². The molecule has 0 saturated heterocycles. The van der Waals surface area contributed by atoms with Gasteiger partial charge >= 0.3 is 0 Å². The van der Waals surface area contributed by atoms with Gasteiger partial charge in [-0.05, 0) is 39.0 Å². The van der Waals surface area contributed by atoms with Crippen molar-refractivity contribution in [3.63, 3.8) is 0 Å². The summed E-state index contributed by atoms with van der Waals surface area (Å²) in [6, 6.07) is 3.69. The van der Waals surface area contributed by atoms with Crippen LogP contribution in [0.3, 0.4) is 0 Å². The van der Waals surface area contributed by atoms with Crippen LogP contribution in [-0.2, 0) is 23.5 Å². The largest absolute Gasteiger partial charge is 0.371 e. The number of aromatic nitrogens is 2. The number of rotatable bonds is 1. The summed E-state index contributed by atoms with van der Waals surface area (Å²) in [7, 11) is -3.68. The molecule has 2 aromatic heterocycles. The highest BCUT2D eigenvalue weighted by molar-refractivity contribution is 8.36. The van der Waals surface area contributed by atoms with Crippen LogP contribution in [0, 0.1) is 5.41 Å². The zero-order valence-electron chi connectivity index (χ0n) is 13.8. The molecular weight excluding hydrogens is 360 g/mol. The molecule has 2 aliphatic heterocycles. The first kappa shape index (κ1) is 16.3. The Hall–Kier alpha value is -2.13. The first-order valence-corrected chi connectivity index (χ1v) is 10.8. The molecule has 7 nitrogen and oxygen atoms in total. The summed E-state index contributed by atoms with van der Waals surface area (Å²) in [5, 5.41) is 6.60. The summed E-state index contributed by atoms with van der Waals surface area (Å²) in [6.45, 7) is 4.63. The number of fused-ring (bicyclic) bond motifs is 1. The molecule has 25 heavy (non-hydrogen) atoms. The topological polar surface area (TPSA) is 104 Å². The molecule has 0 saturated carbocycles. The van der Waals surface area contributed by atoms with Crippen LogP contribution >= 0.6 is 0 Å². The van der Waals surface area contributed by atoms with E-state index in [1.165, 1.54) is 0 Å². The Labute approximate surface area is 148 Å². The molecule has 0 fully saturated rings. The van der Waals surface area contributed by atoms with Gasteiger partial charge in [0.15, 0.2) is 0 Å². The van der Waals surface area contributed by atoms with Crippen LogP contribution in [-0.4, -0.2) is 30.8 Å². The van der Waals surface area contributed by atoms with Gasteiger partial charge in [-0.3, -0.25) is 4.79 Å². The molecule has 2 atom stereocenters. The monoisotopic (exact) mass is 378 g/mol. The normalized spacial score (nSPS) is 25.3. The van der Waals surface area contributed by atoms with Gasteiger partial charge in [0.2, 0.25) is 9.26 Å². The van der Waals surface area contributed by atoms with Crippen LogP contribution in [0.5, 0.6) is 0 Å². The van der Waals surface area contributed by atoms with Crippen molar-refractivity contribution >= 4 is 35.7 Å². The molecule has 2 unspecified atom stereocenters. The fraction of sp³-hybridized carbons (Fsp3) is 0.375. The van der Waals surface area contributed by atoms with Crippen molar-refractivity contribution < 1.29 is 13.2 Å². The van der Waals surface area contributed by atoms with Crippen molar-refractivity contribution in [2.45, 2.75) is 25.6 Å². The molecule has 1 amide bonds. The second-order valence-electron chi connectivity index (χ2n) is 7.00. The number of H-pyrrole nitrogens is 1. The Morgan fingerprint density at radius 2 is 2.12 bits per heavy atom. The molecule has 9 heteroatoms. The second-order valence-corrected chi connectivity index (χ2v) is 10.8. The van der Waals surface area contributed by atoms with Gasteiger partial charge in [0.1, 0.15) is 15.9 Å². The summed E-state index contributed by atoms with van der Waals surface area (Å²) in [6.07, 6.45) is 4.05. The van der Waals surface area contributed by atoms with E-state index in [0.29, 0.717) is 23.5 Å². The molecule has 0 aliphatic carbocycles. The molecule has 132 valence electrons. The summed E-state index contributed by atoms with van der Waals surface area (Å²) < 4.78 is 24.1. The number of hydrogen-bond acceptors (Lipinski definition) is 5. The maximum Gasteiger partial charge on any atom is 0.260 e. The maximum atomic E-state index is 12.6. The van der Waals surface area contributed by atoms with Gasteiger partial charge in [0.05, 0.1) is 0 Å². The van der Waals surface area contributed by atoms with E-state index in [1.54, 1.807) is 12.4 Å². The lowest BCUT2D eigenvalue weighted by atomic mass is 9.88. The number of pyridine rings is 1. The average Bonchev–Trinajstić information content (AvgIpc) is 3.13. The third-order valence-corrected chi connectivity index (χ3v) is 8.39. The van der Waals surface area contributed by atoms with Crippen molar-refractivity contribution in [1.29, 1.82) is 0 Å². The van der Waals surface area contributed by atoms with E-state index in [2.05, 4.69) is 34.4 Å². The van der Waals surface area contributed by atoms with Crippen LogP contribution in [0.15, 0.2) is 35.1 Å². The number of nitrogens with one attached hydrogen (secondary N) is 3. The van der Waals surface area contributed by atoms with Crippen LogP contribution in [0.2, 0.25) is 0 Å². The zero-order chi connectivity index (χ0) is 17.8. The first-order valence-electron chi connectivity index (χ1n) is 7.90. The summed E-state index contributed by atoms with van der Waals surface area (Å²) >= 11 is 0. The highest BCUT2D eigenvalue weighted by atomic mass is 32.9. The van der Waals surface area contributed by atoms with Gasteiger partial charge in [0, 0.05) is 30.0 Å². The van der Waals surface area contributed by atoms with Gasteiger partial charge in [-0.25, -0.2) is 4.98 Å². The Morgan fingerprint density at radius 1 is 1.32 bits per heavy atom. The second kappa shape index (κ2) is 5.70. The van der Waals surface area contributed by atoms with E-state index < -0.39 is 24.1 Å². The number of allylic oxidation sites excluding steroid dienone is 1. The molecule has 2 aromatic rings. The summed E-state index contributed by atoms with van der Waals surface area (Å²) in [5.41, 5.74) is 2.12. The third kappa shape index (κ3) is 2.67. The van der Waals surface area contributed by atoms with E-state index >= 15 is 0 Å². The number of hydrogen-bond donors (Lipinski definition) is 3. The van der Waals surface area contributed by atoms with Gasteiger partial charge in [-0.2, -0.15) is 8.42 Å². The highest BCUT2D eigenvalue weighted by Gasteiger charge is 2.40. The van der Waals surface area contributed by atoms with E-state index in [0.717, 1.165) is 16.6 Å². The first-order chi connectivity index (χ1) is 11.9. The Balaban J connectivity index is 1.90. The minimum atomic E-state index is -2.41. The average molecular weight is 378 g/mol. The minimum Gasteiger partial charge on any atom is -0.371 e. The summed E-state index contributed by atoms with van der Waals surface area (Å²) in [4.78, 5) is 20.3. The van der Waals surface area contributed by atoms with Crippen molar-refractivity contribution in [2.75, 3.05) is 6.54 Å². The van der Waals surface area contributed by atoms with E-state index in [9.17, 15) is 13.2 Å². The lowest BCUT2D eigenvalue weighted by Crippen LogP contribution is -2.34. The molecule has 0 bridgehead atoms. The molecule has 3 N–H and O–H groups in total. The fourth-order valence-electron chi connectivity index (χ4n) is 3.37. The molecule has 0 aromatic carbocycles. The van der Waals surface area contributed by atoms with Crippen LogP contribution in [0.25, 0.3) is 11.0 Å². The molecule has 4 rings (SSSR count). The molecule has 4 heterocycles. The number of carbonyl (C=O) groups is 1. The predicted octanol–water partition coefficient (Wildman–Crippen LogP) is 1.33.